The van der Waals surface area contributed by atoms with Gasteiger partial charge in [0.1, 0.15) is 5.75 Å². The van der Waals surface area contributed by atoms with Crippen LogP contribution in [-0.2, 0) is 0 Å². The fourth-order valence-corrected chi connectivity index (χ4v) is 4.60. The number of phenols is 1. The summed E-state index contributed by atoms with van der Waals surface area (Å²) in [5, 5.41) is 27.6. The van der Waals surface area contributed by atoms with Gasteiger partial charge in [0.25, 0.3) is 5.69 Å². The molecule has 3 aromatic carbocycles. The van der Waals surface area contributed by atoms with Crippen LogP contribution in [0.4, 0.5) is 11.4 Å². The van der Waals surface area contributed by atoms with Crippen LogP contribution in [0.15, 0.2) is 66.7 Å². The fourth-order valence-electron chi connectivity index (χ4n) is 4.60. The highest BCUT2D eigenvalue weighted by Gasteiger charge is 2.40. The molecule has 0 saturated carbocycles. The molecule has 0 spiro atoms. The highest BCUT2D eigenvalue weighted by atomic mass is 16.6. The number of hydrogen-bond donors (Lipinski definition) is 2. The first-order valence-electron chi connectivity index (χ1n) is 9.05. The van der Waals surface area contributed by atoms with E-state index in [1.54, 1.807) is 6.07 Å². The number of nitrogens with zero attached hydrogens (tertiary/aromatic N) is 1. The first-order chi connectivity index (χ1) is 13.1. The van der Waals surface area contributed by atoms with E-state index in [1.807, 2.05) is 12.1 Å². The molecule has 5 heteroatoms. The van der Waals surface area contributed by atoms with Gasteiger partial charge in [0.2, 0.25) is 0 Å². The van der Waals surface area contributed by atoms with Crippen LogP contribution in [0.5, 0.6) is 5.75 Å². The molecule has 0 radical (unpaired) electrons. The zero-order chi connectivity index (χ0) is 18.5. The molecular formula is C22H18N2O3. The summed E-state index contributed by atoms with van der Waals surface area (Å²) in [6.45, 7) is 0. The van der Waals surface area contributed by atoms with E-state index in [-0.39, 0.29) is 29.3 Å². The summed E-state index contributed by atoms with van der Waals surface area (Å²) in [7, 11) is 0. The van der Waals surface area contributed by atoms with E-state index in [0.29, 0.717) is 5.69 Å². The molecule has 1 aliphatic carbocycles. The predicted molar refractivity (Wildman–Crippen MR) is 105 cm³/mol. The van der Waals surface area contributed by atoms with Gasteiger partial charge in [-0.15, -0.1) is 0 Å². The van der Waals surface area contributed by atoms with Crippen molar-refractivity contribution in [3.63, 3.8) is 0 Å². The number of benzene rings is 3. The third-order valence-electron chi connectivity index (χ3n) is 5.80. The smallest absolute Gasteiger partial charge is 0.273 e. The van der Waals surface area contributed by atoms with Gasteiger partial charge < -0.3 is 10.4 Å². The standard InChI is InChI=1S/C22H18N2O3/c25-20-12-14(24(26)27)11-19-16-8-4-10-18(16)21(23-22(19)20)17-9-3-6-13-5-1-2-7-15(13)17/h1-9,11-12,16,18,21,23,25H,10H2. The summed E-state index contributed by atoms with van der Waals surface area (Å²) in [6.07, 6.45) is 5.15. The second-order valence-electron chi connectivity index (χ2n) is 7.23. The van der Waals surface area contributed by atoms with Crippen molar-refractivity contribution in [1.29, 1.82) is 0 Å². The third kappa shape index (κ3) is 2.39. The van der Waals surface area contributed by atoms with Crippen LogP contribution in [0.25, 0.3) is 10.8 Å². The van der Waals surface area contributed by atoms with Gasteiger partial charge in [-0.2, -0.15) is 0 Å². The molecular weight excluding hydrogens is 340 g/mol. The van der Waals surface area contributed by atoms with E-state index in [1.165, 1.54) is 22.4 Å². The van der Waals surface area contributed by atoms with Crippen LogP contribution in [0, 0.1) is 16.0 Å². The second-order valence-corrected chi connectivity index (χ2v) is 7.23. The average Bonchev–Trinajstić information content (AvgIpc) is 3.17. The number of hydrogen-bond acceptors (Lipinski definition) is 4. The SMILES string of the molecule is O=[N+]([O-])c1cc(O)c2c(c1)C1C=CCC1C(c1cccc3ccccc13)N2. The Morgan fingerprint density at radius 3 is 2.74 bits per heavy atom. The highest BCUT2D eigenvalue weighted by molar-refractivity contribution is 5.87. The molecule has 5 rings (SSSR count). The number of rotatable bonds is 2. The zero-order valence-electron chi connectivity index (χ0n) is 14.5. The Kier molecular flexibility index (Phi) is 3.44. The van der Waals surface area contributed by atoms with Crippen molar-refractivity contribution in [2.24, 2.45) is 5.92 Å². The summed E-state index contributed by atoms with van der Waals surface area (Å²) in [5.41, 5.74) is 2.52. The molecule has 2 N–H and O–H groups in total. The van der Waals surface area contributed by atoms with Crippen LogP contribution in [-0.4, -0.2) is 10.0 Å². The Morgan fingerprint density at radius 1 is 1.07 bits per heavy atom. The normalized spacial score (nSPS) is 22.9. The lowest BCUT2D eigenvalue weighted by Gasteiger charge is -2.38. The van der Waals surface area contributed by atoms with Crippen molar-refractivity contribution in [2.75, 3.05) is 5.32 Å². The van der Waals surface area contributed by atoms with Crippen LogP contribution < -0.4 is 5.32 Å². The minimum absolute atomic E-state index is 0.0240. The molecule has 2 aliphatic rings. The average molecular weight is 358 g/mol. The maximum atomic E-state index is 11.2. The number of nitrogens with one attached hydrogen (secondary N) is 1. The van der Waals surface area contributed by atoms with Crippen molar-refractivity contribution < 1.29 is 10.0 Å². The second kappa shape index (κ2) is 5.84. The molecule has 3 atom stereocenters. The van der Waals surface area contributed by atoms with E-state index in [9.17, 15) is 15.2 Å². The Morgan fingerprint density at radius 2 is 1.89 bits per heavy atom. The molecule has 0 saturated heterocycles. The molecule has 5 nitrogen and oxygen atoms in total. The number of non-ortho nitro benzene ring substituents is 1. The summed E-state index contributed by atoms with van der Waals surface area (Å²) >= 11 is 0. The first kappa shape index (κ1) is 15.9. The molecule has 1 aliphatic heterocycles. The number of allylic oxidation sites excluding steroid dienone is 2. The minimum Gasteiger partial charge on any atom is -0.506 e. The molecule has 3 unspecified atom stereocenters. The van der Waals surface area contributed by atoms with Crippen LogP contribution in [0.3, 0.4) is 0 Å². The van der Waals surface area contributed by atoms with Gasteiger partial charge in [-0.1, -0.05) is 54.6 Å². The van der Waals surface area contributed by atoms with E-state index in [4.69, 9.17) is 0 Å². The Labute approximate surface area is 156 Å². The predicted octanol–water partition coefficient (Wildman–Crippen LogP) is 5.28. The number of fused-ring (bicyclic) bond motifs is 4. The Balaban J connectivity index is 1.68. The molecule has 0 aromatic heterocycles. The lowest BCUT2D eigenvalue weighted by atomic mass is 9.76. The summed E-state index contributed by atoms with van der Waals surface area (Å²) in [6, 6.07) is 17.4. The zero-order valence-corrected chi connectivity index (χ0v) is 14.5. The van der Waals surface area contributed by atoms with E-state index < -0.39 is 4.92 Å². The van der Waals surface area contributed by atoms with Crippen LogP contribution in [0.1, 0.15) is 29.5 Å². The molecule has 134 valence electrons. The van der Waals surface area contributed by atoms with Crippen molar-refractivity contribution in [3.8, 4) is 5.75 Å². The molecule has 27 heavy (non-hydrogen) atoms. The molecule has 1 heterocycles. The van der Waals surface area contributed by atoms with Crippen LogP contribution in [0.2, 0.25) is 0 Å². The highest BCUT2D eigenvalue weighted by Crippen LogP contribution is 2.53. The summed E-state index contributed by atoms with van der Waals surface area (Å²) in [5.74, 6) is 0.240. The number of nitro benzene ring substituents is 1. The van der Waals surface area contributed by atoms with Gasteiger partial charge in [0.15, 0.2) is 0 Å². The summed E-state index contributed by atoms with van der Waals surface area (Å²) < 4.78 is 0. The summed E-state index contributed by atoms with van der Waals surface area (Å²) in [4.78, 5) is 10.8. The lowest BCUT2D eigenvalue weighted by Crippen LogP contribution is -2.29. The number of nitro groups is 1. The van der Waals surface area contributed by atoms with E-state index in [2.05, 4.69) is 47.8 Å². The van der Waals surface area contributed by atoms with Crippen molar-refractivity contribution >= 4 is 22.1 Å². The topological polar surface area (TPSA) is 75.4 Å². The van der Waals surface area contributed by atoms with Crippen LogP contribution >= 0.6 is 0 Å². The van der Waals surface area contributed by atoms with Gasteiger partial charge >= 0.3 is 0 Å². The molecule has 3 aromatic rings. The van der Waals surface area contributed by atoms with Crippen molar-refractivity contribution in [2.45, 2.75) is 18.4 Å². The minimum atomic E-state index is -0.454. The number of phenolic OH excluding ortho intramolecular Hbond substituents is 1. The van der Waals surface area contributed by atoms with Crippen molar-refractivity contribution in [1.82, 2.24) is 0 Å². The lowest BCUT2D eigenvalue weighted by molar-refractivity contribution is -0.385. The number of aromatic hydroxyl groups is 1. The van der Waals surface area contributed by atoms with E-state index in [0.717, 1.165) is 12.0 Å². The quantitative estimate of drug-likeness (QED) is 0.283. The van der Waals surface area contributed by atoms with Gasteiger partial charge in [-0.25, -0.2) is 0 Å². The van der Waals surface area contributed by atoms with Crippen molar-refractivity contribution in [3.05, 3.63) is 88.0 Å². The monoisotopic (exact) mass is 358 g/mol. The van der Waals surface area contributed by atoms with E-state index >= 15 is 0 Å². The maximum absolute atomic E-state index is 11.2. The Hall–Kier alpha value is -3.34. The largest absolute Gasteiger partial charge is 0.506 e. The maximum Gasteiger partial charge on any atom is 0.273 e. The third-order valence-corrected chi connectivity index (χ3v) is 5.80. The van der Waals surface area contributed by atoms with Gasteiger partial charge in [0.05, 0.1) is 22.7 Å². The van der Waals surface area contributed by atoms with Gasteiger partial charge in [-0.05, 0) is 34.2 Å². The molecule has 0 fully saturated rings. The number of anilines is 1. The van der Waals surface area contributed by atoms with Gasteiger partial charge in [0, 0.05) is 12.0 Å². The van der Waals surface area contributed by atoms with Gasteiger partial charge in [-0.3, -0.25) is 10.1 Å². The Bertz CT molecular complexity index is 1100. The molecule has 0 bridgehead atoms. The fraction of sp³-hybridized carbons (Fsp3) is 0.182. The molecule has 0 amide bonds. The first-order valence-corrected chi connectivity index (χ1v) is 9.05.